The average Bonchev–Trinajstić information content (AvgIpc) is 2.84. The lowest BCUT2D eigenvalue weighted by molar-refractivity contribution is 0.379. The first-order chi connectivity index (χ1) is 17.5. The maximum absolute atomic E-state index is 10.5. The number of benzene rings is 2. The fourth-order valence-electron chi connectivity index (χ4n) is 4.67. The molecule has 0 heterocycles. The van der Waals surface area contributed by atoms with Crippen LogP contribution in [0.15, 0.2) is 48.5 Å². The van der Waals surface area contributed by atoms with Crippen molar-refractivity contribution in [3.63, 3.8) is 0 Å². The molecule has 2 rings (SSSR count). The van der Waals surface area contributed by atoms with Gasteiger partial charge in [0.05, 0.1) is 0 Å². The van der Waals surface area contributed by atoms with Gasteiger partial charge in [-0.15, -0.1) is 0 Å². The van der Waals surface area contributed by atoms with Crippen molar-refractivity contribution in [1.29, 1.82) is 0 Å². The lowest BCUT2D eigenvalue weighted by atomic mass is 9.95. The van der Waals surface area contributed by atoms with E-state index in [-0.39, 0.29) is 0 Å². The Balaban J connectivity index is 1.92. The minimum absolute atomic E-state index is 0.627. The molecule has 0 saturated carbocycles. The highest BCUT2D eigenvalue weighted by Crippen LogP contribution is 2.39. The Bertz CT molecular complexity index is 806. The summed E-state index contributed by atoms with van der Waals surface area (Å²) in [6, 6.07) is 15.7. The summed E-state index contributed by atoms with van der Waals surface area (Å²) in [5, 5.41) is 0. The highest BCUT2D eigenvalue weighted by Gasteiger charge is 2.16. The number of aryl methyl sites for hydroxylation is 1. The highest BCUT2D eigenvalue weighted by atomic mass is 31.2. The fraction of sp³-hybridized carbons (Fsp3) is 0.625. The SMILES string of the molecule is CC(C)CCCCCCCc1cccc(OP(O)Oc2ccccc2)c1CCCCCCCC(C)C. The Hall–Kier alpha value is -1.57. The third-order valence-electron chi connectivity index (χ3n) is 6.77. The Morgan fingerprint density at radius 3 is 1.78 bits per heavy atom. The molecular formula is C32H51O3P. The number of para-hydroxylation sites is 1. The van der Waals surface area contributed by atoms with E-state index < -0.39 is 8.60 Å². The van der Waals surface area contributed by atoms with Crippen LogP contribution in [0.25, 0.3) is 0 Å². The van der Waals surface area contributed by atoms with Crippen molar-refractivity contribution in [2.24, 2.45) is 11.8 Å². The number of hydrogen-bond donors (Lipinski definition) is 1. The average molecular weight is 515 g/mol. The third-order valence-corrected chi connectivity index (χ3v) is 7.49. The smallest absolute Gasteiger partial charge is 0.418 e. The maximum Gasteiger partial charge on any atom is 0.460 e. The van der Waals surface area contributed by atoms with Gasteiger partial charge in [0.25, 0.3) is 0 Å². The molecule has 1 atom stereocenters. The Labute approximate surface area is 223 Å². The van der Waals surface area contributed by atoms with Gasteiger partial charge in [0.1, 0.15) is 11.5 Å². The normalized spacial score (nSPS) is 12.3. The fourth-order valence-corrected chi connectivity index (χ4v) is 5.35. The van der Waals surface area contributed by atoms with Crippen molar-refractivity contribution in [2.75, 3.05) is 0 Å². The number of hydrogen-bond acceptors (Lipinski definition) is 3. The summed E-state index contributed by atoms with van der Waals surface area (Å²) in [6.07, 6.45) is 17.6. The van der Waals surface area contributed by atoms with Gasteiger partial charge in [0.2, 0.25) is 0 Å². The topological polar surface area (TPSA) is 38.7 Å². The van der Waals surface area contributed by atoms with E-state index in [9.17, 15) is 4.89 Å². The van der Waals surface area contributed by atoms with Crippen LogP contribution in [0.5, 0.6) is 11.5 Å². The molecule has 0 saturated heterocycles. The molecule has 0 aromatic heterocycles. The van der Waals surface area contributed by atoms with Crippen LogP contribution >= 0.6 is 8.60 Å². The lowest BCUT2D eigenvalue weighted by Crippen LogP contribution is -2.02. The molecule has 202 valence electrons. The molecule has 1 N–H and O–H groups in total. The first kappa shape index (κ1) is 30.7. The molecular weight excluding hydrogens is 463 g/mol. The zero-order valence-corrected chi connectivity index (χ0v) is 24.3. The molecule has 0 bridgehead atoms. The number of rotatable bonds is 20. The quantitative estimate of drug-likeness (QED) is 0.141. The largest absolute Gasteiger partial charge is 0.460 e. The van der Waals surface area contributed by atoms with E-state index in [0.717, 1.165) is 36.8 Å². The Morgan fingerprint density at radius 1 is 0.611 bits per heavy atom. The van der Waals surface area contributed by atoms with E-state index in [1.165, 1.54) is 81.8 Å². The monoisotopic (exact) mass is 514 g/mol. The van der Waals surface area contributed by atoms with Crippen molar-refractivity contribution in [3.8, 4) is 11.5 Å². The van der Waals surface area contributed by atoms with E-state index in [0.29, 0.717) is 5.75 Å². The molecule has 0 aliphatic rings. The first-order valence-electron chi connectivity index (χ1n) is 14.5. The van der Waals surface area contributed by atoms with Gasteiger partial charge in [0.15, 0.2) is 0 Å². The van der Waals surface area contributed by atoms with Crippen LogP contribution in [-0.4, -0.2) is 4.89 Å². The van der Waals surface area contributed by atoms with E-state index in [2.05, 4.69) is 39.8 Å². The van der Waals surface area contributed by atoms with E-state index in [1.807, 2.05) is 36.4 Å². The van der Waals surface area contributed by atoms with Crippen LogP contribution < -0.4 is 9.05 Å². The number of unbranched alkanes of at least 4 members (excludes halogenated alkanes) is 8. The highest BCUT2D eigenvalue weighted by molar-refractivity contribution is 7.41. The second-order valence-corrected chi connectivity index (χ2v) is 11.9. The van der Waals surface area contributed by atoms with Crippen LogP contribution in [0, 0.1) is 11.8 Å². The second kappa shape index (κ2) is 18.6. The van der Waals surface area contributed by atoms with Gasteiger partial charge < -0.3 is 13.9 Å². The van der Waals surface area contributed by atoms with Crippen LogP contribution in [0.1, 0.15) is 116 Å². The first-order valence-corrected chi connectivity index (χ1v) is 15.6. The standard InChI is InChI=1S/C32H51O3P/c1-27(2)19-12-7-5-9-14-21-29-22-18-26-32(35-36(33)34-30-23-15-11-16-24-30)31(29)25-17-10-6-8-13-20-28(3)4/h11,15-16,18,22-24,26-28,33H,5-10,12-14,17,19-21,25H2,1-4H3. The lowest BCUT2D eigenvalue weighted by Gasteiger charge is -2.18. The third kappa shape index (κ3) is 13.7. The van der Waals surface area contributed by atoms with Crippen molar-refractivity contribution in [3.05, 3.63) is 59.7 Å². The summed E-state index contributed by atoms with van der Waals surface area (Å²) in [4.78, 5) is 10.5. The zero-order valence-electron chi connectivity index (χ0n) is 23.4. The molecule has 0 fully saturated rings. The maximum atomic E-state index is 10.5. The molecule has 0 aliphatic carbocycles. The minimum Gasteiger partial charge on any atom is -0.418 e. The zero-order chi connectivity index (χ0) is 26.0. The van der Waals surface area contributed by atoms with E-state index >= 15 is 0 Å². The summed E-state index contributed by atoms with van der Waals surface area (Å²) >= 11 is 0. The van der Waals surface area contributed by atoms with Crippen molar-refractivity contribution < 1.29 is 13.9 Å². The van der Waals surface area contributed by atoms with Gasteiger partial charge in [-0.25, -0.2) is 0 Å². The molecule has 3 nitrogen and oxygen atoms in total. The Morgan fingerprint density at radius 2 is 1.17 bits per heavy atom. The molecule has 0 amide bonds. The van der Waals surface area contributed by atoms with Gasteiger partial charge in [-0.1, -0.05) is 122 Å². The van der Waals surface area contributed by atoms with Gasteiger partial charge in [0, 0.05) is 0 Å². The summed E-state index contributed by atoms with van der Waals surface area (Å²) < 4.78 is 11.6. The van der Waals surface area contributed by atoms with Crippen LogP contribution in [-0.2, 0) is 12.8 Å². The van der Waals surface area contributed by atoms with Gasteiger partial charge in [-0.2, -0.15) is 0 Å². The Kier molecular flexibility index (Phi) is 15.9. The van der Waals surface area contributed by atoms with Crippen LogP contribution in [0.4, 0.5) is 0 Å². The molecule has 4 heteroatoms. The van der Waals surface area contributed by atoms with Crippen molar-refractivity contribution in [2.45, 2.75) is 118 Å². The van der Waals surface area contributed by atoms with Crippen LogP contribution in [0.2, 0.25) is 0 Å². The second-order valence-electron chi connectivity index (χ2n) is 11.0. The minimum atomic E-state index is -2.02. The van der Waals surface area contributed by atoms with Gasteiger partial charge in [-0.05, 0) is 66.8 Å². The molecule has 0 radical (unpaired) electrons. The van der Waals surface area contributed by atoms with Gasteiger partial charge in [-0.3, -0.25) is 0 Å². The molecule has 36 heavy (non-hydrogen) atoms. The molecule has 2 aromatic rings. The summed E-state index contributed by atoms with van der Waals surface area (Å²) in [5.74, 6) is 3.03. The summed E-state index contributed by atoms with van der Waals surface area (Å²) in [7, 11) is -2.02. The van der Waals surface area contributed by atoms with E-state index in [1.54, 1.807) is 0 Å². The molecule has 0 spiro atoms. The predicted octanol–water partition coefficient (Wildman–Crippen LogP) is 10.4. The summed E-state index contributed by atoms with van der Waals surface area (Å²) in [5.41, 5.74) is 2.63. The van der Waals surface area contributed by atoms with Gasteiger partial charge >= 0.3 is 8.60 Å². The summed E-state index contributed by atoms with van der Waals surface area (Å²) in [6.45, 7) is 9.24. The van der Waals surface area contributed by atoms with E-state index in [4.69, 9.17) is 9.05 Å². The molecule has 1 unspecified atom stereocenters. The molecule has 2 aromatic carbocycles. The van der Waals surface area contributed by atoms with Crippen molar-refractivity contribution in [1.82, 2.24) is 0 Å². The van der Waals surface area contributed by atoms with Crippen LogP contribution in [0.3, 0.4) is 0 Å². The molecule has 0 aliphatic heterocycles. The van der Waals surface area contributed by atoms with Crippen molar-refractivity contribution >= 4 is 8.60 Å². The predicted molar refractivity (Wildman–Crippen MR) is 156 cm³/mol.